The molecule has 4 unspecified atom stereocenters. The van der Waals surface area contributed by atoms with E-state index in [2.05, 4.69) is 0 Å². The van der Waals surface area contributed by atoms with Crippen LogP contribution < -0.4 is 4.74 Å². The van der Waals surface area contributed by atoms with Crippen molar-refractivity contribution in [3.63, 3.8) is 0 Å². The van der Waals surface area contributed by atoms with E-state index in [1.54, 1.807) is 18.3 Å². The molecule has 2 fully saturated rings. The molecule has 7 nitrogen and oxygen atoms in total. The van der Waals surface area contributed by atoms with Crippen LogP contribution in [-0.4, -0.2) is 64.8 Å². The van der Waals surface area contributed by atoms with E-state index in [9.17, 15) is 20.4 Å². The Bertz CT molecular complexity index is 997. The summed E-state index contributed by atoms with van der Waals surface area (Å²) in [5.41, 5.74) is 6.53. The Kier molecular flexibility index (Phi) is 7.24. The lowest BCUT2D eigenvalue weighted by molar-refractivity contribution is -0.277. The van der Waals surface area contributed by atoms with Crippen LogP contribution in [0, 0.1) is 18.8 Å². The summed E-state index contributed by atoms with van der Waals surface area (Å²) in [4.78, 5) is 0. The number of allylic oxidation sites excluding steroid dienone is 3. The summed E-state index contributed by atoms with van der Waals surface area (Å²) < 4.78 is 17.7. The number of aryl methyl sites for hydroxylation is 1. The molecular formula is C28H38O7. The zero-order chi connectivity index (χ0) is 24.7. The van der Waals surface area contributed by atoms with Gasteiger partial charge in [0.15, 0.2) is 0 Å². The molecule has 1 heterocycles. The molecule has 2 bridgehead atoms. The van der Waals surface area contributed by atoms with Gasteiger partial charge in [-0.3, -0.25) is 0 Å². The van der Waals surface area contributed by atoms with Crippen LogP contribution in [0.4, 0.5) is 0 Å². The summed E-state index contributed by atoms with van der Waals surface area (Å²) >= 11 is 0. The van der Waals surface area contributed by atoms with Gasteiger partial charge in [0.05, 0.1) is 13.7 Å². The number of methoxy groups -OCH3 is 1. The Morgan fingerprint density at radius 1 is 1.03 bits per heavy atom. The molecule has 35 heavy (non-hydrogen) atoms. The molecule has 1 aliphatic heterocycles. The minimum absolute atomic E-state index is 0.462. The third kappa shape index (κ3) is 4.53. The highest BCUT2D eigenvalue weighted by Gasteiger charge is 2.45. The molecule has 0 amide bonds. The summed E-state index contributed by atoms with van der Waals surface area (Å²) in [6.07, 6.45) is 3.22. The number of benzene rings is 1. The van der Waals surface area contributed by atoms with E-state index in [1.165, 1.54) is 50.5 Å². The van der Waals surface area contributed by atoms with Gasteiger partial charge in [0, 0.05) is 11.5 Å². The molecule has 1 aromatic carbocycles. The molecule has 0 spiro atoms. The predicted octanol–water partition coefficient (Wildman–Crippen LogP) is 3.22. The van der Waals surface area contributed by atoms with Crippen molar-refractivity contribution in [1.29, 1.82) is 0 Å². The number of fused-ring (bicyclic) bond motifs is 3. The predicted molar refractivity (Wildman–Crippen MR) is 130 cm³/mol. The average molecular weight is 487 g/mol. The summed E-state index contributed by atoms with van der Waals surface area (Å²) in [7, 11) is 1.74. The third-order valence-electron chi connectivity index (χ3n) is 8.41. The Balaban J connectivity index is 1.48. The maximum absolute atomic E-state index is 10.4. The van der Waals surface area contributed by atoms with Crippen LogP contribution in [0.3, 0.4) is 0 Å². The van der Waals surface area contributed by atoms with Gasteiger partial charge in [-0.1, -0.05) is 29.7 Å². The molecule has 0 aromatic heterocycles. The average Bonchev–Trinajstić information content (AvgIpc) is 2.86. The summed E-state index contributed by atoms with van der Waals surface area (Å²) in [5.74, 6) is 2.39. The third-order valence-corrected chi connectivity index (χ3v) is 8.41. The van der Waals surface area contributed by atoms with E-state index in [-0.39, 0.29) is 0 Å². The minimum atomic E-state index is -1.48. The molecule has 7 atom stereocenters. The first kappa shape index (κ1) is 24.8. The fraction of sp³-hybridized carbons (Fsp3) is 0.643. The van der Waals surface area contributed by atoms with Crippen molar-refractivity contribution >= 4 is 5.76 Å². The molecule has 1 saturated carbocycles. The lowest BCUT2D eigenvalue weighted by Gasteiger charge is -2.43. The van der Waals surface area contributed by atoms with Gasteiger partial charge in [-0.2, -0.15) is 0 Å². The number of aliphatic hydroxyl groups is 4. The molecular weight excluding hydrogens is 448 g/mol. The van der Waals surface area contributed by atoms with E-state index in [4.69, 9.17) is 14.2 Å². The van der Waals surface area contributed by atoms with Crippen LogP contribution in [0.5, 0.6) is 5.75 Å². The fourth-order valence-electron chi connectivity index (χ4n) is 6.58. The first-order valence-electron chi connectivity index (χ1n) is 13.0. The van der Waals surface area contributed by atoms with Gasteiger partial charge in [0.25, 0.3) is 0 Å². The maximum Gasteiger partial charge on any atom is 0.229 e. The van der Waals surface area contributed by atoms with Gasteiger partial charge in [-0.05, 0) is 75.0 Å². The monoisotopic (exact) mass is 486 g/mol. The van der Waals surface area contributed by atoms with Crippen molar-refractivity contribution in [3.8, 4) is 5.75 Å². The number of aliphatic hydroxyl groups excluding tert-OH is 4. The minimum Gasteiger partial charge on any atom is -0.496 e. The lowest BCUT2D eigenvalue weighted by Crippen LogP contribution is -2.60. The van der Waals surface area contributed by atoms with Crippen molar-refractivity contribution in [1.82, 2.24) is 0 Å². The van der Waals surface area contributed by atoms with E-state index in [1.807, 2.05) is 25.1 Å². The first-order chi connectivity index (χ1) is 16.9. The van der Waals surface area contributed by atoms with Crippen LogP contribution in [-0.2, 0) is 9.47 Å². The van der Waals surface area contributed by atoms with Crippen LogP contribution in [0.1, 0.15) is 62.5 Å². The van der Waals surface area contributed by atoms with Gasteiger partial charge in [-0.25, -0.2) is 0 Å². The Hall–Kier alpha value is -1.90. The highest BCUT2D eigenvalue weighted by molar-refractivity contribution is 5.68. The van der Waals surface area contributed by atoms with Gasteiger partial charge in [0.2, 0.25) is 6.29 Å². The Labute approximate surface area is 207 Å². The highest BCUT2D eigenvalue weighted by atomic mass is 16.7. The number of ether oxygens (including phenoxy) is 3. The van der Waals surface area contributed by atoms with Crippen molar-refractivity contribution in [2.75, 3.05) is 13.7 Å². The van der Waals surface area contributed by atoms with Crippen LogP contribution in [0.15, 0.2) is 34.9 Å². The van der Waals surface area contributed by atoms with Crippen molar-refractivity contribution < 1.29 is 34.6 Å². The van der Waals surface area contributed by atoms with Gasteiger partial charge in [0.1, 0.15) is 35.9 Å². The fourth-order valence-corrected chi connectivity index (χ4v) is 6.58. The van der Waals surface area contributed by atoms with Gasteiger partial charge >= 0.3 is 0 Å². The highest BCUT2D eigenvalue weighted by Crippen LogP contribution is 2.53. The molecule has 0 radical (unpaired) electrons. The quantitative estimate of drug-likeness (QED) is 0.374. The molecule has 4 aliphatic rings. The van der Waals surface area contributed by atoms with E-state index >= 15 is 0 Å². The normalized spacial score (nSPS) is 36.5. The summed E-state index contributed by atoms with van der Waals surface area (Å²) in [6, 6.07) is 5.91. The molecule has 7 heteroatoms. The standard InChI is InChI=1S/C28H38O7/c1-15-10-11-18(13-21(15)34-28-26(32)25(31)24(30)22(14-29)35-28)27(33-2)23-17-7-5-9-20(23)19-8-4-3-6-16(19)12-17/h10-11,13,17,20,22,24-26,28-32H,3-9,12,14H2,1-2H3/b27-23+/t17?,20?,22?,24-,25-,26?,28+/m0/s1. The molecule has 4 N–H and O–H groups in total. The molecule has 192 valence electrons. The maximum atomic E-state index is 10.4. The number of hydrogen-bond donors (Lipinski definition) is 4. The summed E-state index contributed by atoms with van der Waals surface area (Å²) in [6.45, 7) is 1.40. The van der Waals surface area contributed by atoms with Gasteiger partial charge in [-0.15, -0.1) is 0 Å². The van der Waals surface area contributed by atoms with Crippen molar-refractivity contribution in [3.05, 3.63) is 46.0 Å². The number of hydrogen-bond acceptors (Lipinski definition) is 7. The molecule has 1 saturated heterocycles. The molecule has 3 aliphatic carbocycles. The topological polar surface area (TPSA) is 109 Å². The van der Waals surface area contributed by atoms with Gasteiger partial charge < -0.3 is 34.6 Å². The first-order valence-corrected chi connectivity index (χ1v) is 13.0. The zero-order valence-corrected chi connectivity index (χ0v) is 20.7. The lowest BCUT2D eigenvalue weighted by atomic mass is 9.62. The second-order valence-corrected chi connectivity index (χ2v) is 10.5. The zero-order valence-electron chi connectivity index (χ0n) is 20.7. The van der Waals surface area contributed by atoms with Crippen LogP contribution >= 0.6 is 0 Å². The Morgan fingerprint density at radius 2 is 1.83 bits per heavy atom. The largest absolute Gasteiger partial charge is 0.496 e. The Morgan fingerprint density at radius 3 is 2.60 bits per heavy atom. The summed E-state index contributed by atoms with van der Waals surface area (Å²) in [5, 5.41) is 40.2. The molecule has 1 aromatic rings. The van der Waals surface area contributed by atoms with E-state index < -0.39 is 37.3 Å². The van der Waals surface area contributed by atoms with Crippen LogP contribution in [0.2, 0.25) is 0 Å². The van der Waals surface area contributed by atoms with Crippen LogP contribution in [0.25, 0.3) is 5.76 Å². The molecule has 5 rings (SSSR count). The van der Waals surface area contributed by atoms with E-state index in [0.29, 0.717) is 17.6 Å². The number of rotatable bonds is 5. The SMILES string of the molecule is CO/C(=C1\C2CCCC1C1=C(CCCC1)C2)c1ccc(C)c(O[C@@H]2OC(CO)[C@H](O)[C@H](O)C2O)c1. The van der Waals surface area contributed by atoms with E-state index in [0.717, 1.165) is 23.3 Å². The second kappa shape index (κ2) is 10.2. The second-order valence-electron chi connectivity index (χ2n) is 10.5. The smallest absolute Gasteiger partial charge is 0.229 e. The van der Waals surface area contributed by atoms with Crippen molar-refractivity contribution in [2.45, 2.75) is 89.0 Å². The van der Waals surface area contributed by atoms with Crippen molar-refractivity contribution in [2.24, 2.45) is 11.8 Å².